The van der Waals surface area contributed by atoms with E-state index in [1.54, 1.807) is 20.3 Å². The van der Waals surface area contributed by atoms with E-state index in [2.05, 4.69) is 13.8 Å². The van der Waals surface area contributed by atoms with E-state index < -0.39 is 0 Å². The Hall–Kier alpha value is -2.18. The molecule has 0 aliphatic heterocycles. The molecule has 5 nitrogen and oxygen atoms in total. The lowest BCUT2D eigenvalue weighted by Crippen LogP contribution is -2.12. The molecule has 1 aliphatic rings. The molecule has 1 atom stereocenters. The van der Waals surface area contributed by atoms with Crippen LogP contribution < -0.4 is 25.4 Å². The third-order valence-corrected chi connectivity index (χ3v) is 5.62. The Bertz CT molecular complexity index is 930. The predicted molar refractivity (Wildman–Crippen MR) is 125 cm³/mol. The first-order valence-electron chi connectivity index (χ1n) is 10.4. The Morgan fingerprint density at radius 3 is 2.33 bits per heavy atom. The molecule has 0 aromatic heterocycles. The number of aryl methyl sites for hydroxylation is 1. The fraction of sp³-hybridized carbons (Fsp3) is 0.458. The summed E-state index contributed by atoms with van der Waals surface area (Å²) in [5.41, 5.74) is 10.2. The van der Waals surface area contributed by atoms with Crippen molar-refractivity contribution in [2.45, 2.75) is 51.0 Å². The van der Waals surface area contributed by atoms with E-state index in [4.69, 9.17) is 19.9 Å². The maximum Gasteiger partial charge on any atom is 0.203 e. The zero-order valence-corrected chi connectivity index (χ0v) is 19.7. The van der Waals surface area contributed by atoms with Crippen LogP contribution in [-0.2, 0) is 6.42 Å². The molecule has 6 heteroatoms. The number of hydrogen-bond donors (Lipinski definition) is 1. The standard InChI is InChI=1S/C21H25NO4S.C3H8/c1-5-26-17-10-12-6-8-15(22)14-11-16(23)18(27-4)9-7-13(14)19(12)21(25-3)20(17)24-2;1-3-2/h7,9-11,15H,5-6,8,22H2,1-4H3;3H2,1-2H3. The van der Waals surface area contributed by atoms with Gasteiger partial charge in [0.15, 0.2) is 16.9 Å². The molecule has 0 radical (unpaired) electrons. The summed E-state index contributed by atoms with van der Waals surface area (Å²) >= 11 is 1.43. The van der Waals surface area contributed by atoms with E-state index in [0.29, 0.717) is 28.8 Å². The Morgan fingerprint density at radius 2 is 1.77 bits per heavy atom. The molecule has 0 bridgehead atoms. The number of rotatable bonds is 5. The monoisotopic (exact) mass is 431 g/mol. The Kier molecular flexibility index (Phi) is 9.06. The molecule has 0 heterocycles. The van der Waals surface area contributed by atoms with Crippen LogP contribution in [0.2, 0.25) is 0 Å². The normalized spacial score (nSPS) is 14.4. The maximum absolute atomic E-state index is 12.6. The highest BCUT2D eigenvalue weighted by atomic mass is 32.2. The first-order valence-corrected chi connectivity index (χ1v) is 11.6. The van der Waals surface area contributed by atoms with Gasteiger partial charge in [-0.25, -0.2) is 0 Å². The van der Waals surface area contributed by atoms with Gasteiger partial charge in [0, 0.05) is 11.6 Å². The molecule has 3 rings (SSSR count). The van der Waals surface area contributed by atoms with Crippen molar-refractivity contribution in [3.05, 3.63) is 45.6 Å². The van der Waals surface area contributed by atoms with Crippen LogP contribution in [0.5, 0.6) is 17.2 Å². The van der Waals surface area contributed by atoms with Gasteiger partial charge in [-0.05, 0) is 60.9 Å². The van der Waals surface area contributed by atoms with Gasteiger partial charge in [-0.15, -0.1) is 11.8 Å². The average Bonchev–Trinajstić information content (AvgIpc) is 2.97. The van der Waals surface area contributed by atoms with Crippen LogP contribution in [0.3, 0.4) is 0 Å². The largest absolute Gasteiger partial charge is 0.492 e. The van der Waals surface area contributed by atoms with Gasteiger partial charge < -0.3 is 19.9 Å². The van der Waals surface area contributed by atoms with Crippen LogP contribution in [0.25, 0.3) is 11.1 Å². The van der Waals surface area contributed by atoms with Crippen LogP contribution in [0.4, 0.5) is 0 Å². The molecule has 2 aromatic carbocycles. The molecule has 1 aliphatic carbocycles. The summed E-state index contributed by atoms with van der Waals surface area (Å²) in [6, 6.07) is 7.27. The fourth-order valence-electron chi connectivity index (χ4n) is 3.61. The Balaban J connectivity index is 0.00000101. The molecule has 0 spiro atoms. The molecule has 1 unspecified atom stereocenters. The second-order valence-corrected chi connectivity index (χ2v) is 7.89. The molecule has 0 amide bonds. The summed E-state index contributed by atoms with van der Waals surface area (Å²) < 4.78 is 17.1. The molecule has 30 heavy (non-hydrogen) atoms. The number of hydrogen-bond acceptors (Lipinski definition) is 6. The summed E-state index contributed by atoms with van der Waals surface area (Å²) in [5.74, 6) is 1.82. The van der Waals surface area contributed by atoms with Gasteiger partial charge in [-0.2, -0.15) is 0 Å². The van der Waals surface area contributed by atoms with Crippen LogP contribution in [-0.4, -0.2) is 27.1 Å². The maximum atomic E-state index is 12.6. The first kappa shape index (κ1) is 24.1. The zero-order chi connectivity index (χ0) is 22.3. The van der Waals surface area contributed by atoms with E-state index >= 15 is 0 Å². The highest BCUT2D eigenvalue weighted by Crippen LogP contribution is 2.50. The second-order valence-electron chi connectivity index (χ2n) is 7.04. The van der Waals surface area contributed by atoms with E-state index in [1.807, 2.05) is 31.4 Å². The smallest absolute Gasteiger partial charge is 0.203 e. The van der Waals surface area contributed by atoms with Gasteiger partial charge in [-0.3, -0.25) is 4.79 Å². The quantitative estimate of drug-likeness (QED) is 0.655. The summed E-state index contributed by atoms with van der Waals surface area (Å²) in [5, 5.41) is 0. The van der Waals surface area contributed by atoms with E-state index in [0.717, 1.165) is 35.1 Å². The van der Waals surface area contributed by atoms with Crippen molar-refractivity contribution in [3.63, 3.8) is 0 Å². The highest BCUT2D eigenvalue weighted by Gasteiger charge is 2.27. The van der Waals surface area contributed by atoms with Crippen LogP contribution in [0.1, 0.15) is 50.8 Å². The summed E-state index contributed by atoms with van der Waals surface area (Å²) in [7, 11) is 3.22. The van der Waals surface area contributed by atoms with Crippen LogP contribution in [0.15, 0.2) is 34.0 Å². The Morgan fingerprint density at radius 1 is 1.10 bits per heavy atom. The van der Waals surface area contributed by atoms with Gasteiger partial charge >= 0.3 is 0 Å². The van der Waals surface area contributed by atoms with Gasteiger partial charge in [-0.1, -0.05) is 26.3 Å². The molecule has 0 saturated carbocycles. The average molecular weight is 432 g/mol. The molecular weight excluding hydrogens is 398 g/mol. The molecule has 2 aromatic rings. The molecular formula is C24H33NO4S. The summed E-state index contributed by atoms with van der Waals surface area (Å²) in [6.45, 7) is 6.71. The predicted octanol–water partition coefficient (Wildman–Crippen LogP) is 5.21. The van der Waals surface area contributed by atoms with Crippen molar-refractivity contribution in [2.75, 3.05) is 27.1 Å². The minimum Gasteiger partial charge on any atom is -0.492 e. The van der Waals surface area contributed by atoms with Crippen molar-refractivity contribution in [1.29, 1.82) is 0 Å². The number of methoxy groups -OCH3 is 2. The minimum absolute atomic E-state index is 0.0143. The molecule has 2 N–H and O–H groups in total. The molecule has 0 saturated heterocycles. The first-order chi connectivity index (χ1) is 14.5. The van der Waals surface area contributed by atoms with Gasteiger partial charge in [0.25, 0.3) is 0 Å². The van der Waals surface area contributed by atoms with Crippen molar-refractivity contribution >= 4 is 11.8 Å². The highest BCUT2D eigenvalue weighted by molar-refractivity contribution is 7.98. The lowest BCUT2D eigenvalue weighted by atomic mass is 9.95. The SMILES string of the molecule is CCC.CCOc1cc2c(c(OC)c1OC)-c1ccc(SC)c(=O)cc1C(N)CC2. The number of fused-ring (bicyclic) bond motifs is 3. The van der Waals surface area contributed by atoms with Crippen molar-refractivity contribution < 1.29 is 14.2 Å². The lowest BCUT2D eigenvalue weighted by Gasteiger charge is -2.19. The van der Waals surface area contributed by atoms with Crippen molar-refractivity contribution in [1.82, 2.24) is 0 Å². The number of thioether (sulfide) groups is 1. The fourth-order valence-corrected chi connectivity index (χ4v) is 4.07. The van der Waals surface area contributed by atoms with E-state index in [9.17, 15) is 4.79 Å². The van der Waals surface area contributed by atoms with Crippen LogP contribution in [0, 0.1) is 0 Å². The second kappa shape index (κ2) is 11.3. The van der Waals surface area contributed by atoms with Gasteiger partial charge in [0.2, 0.25) is 5.75 Å². The van der Waals surface area contributed by atoms with E-state index in [1.165, 1.54) is 18.2 Å². The zero-order valence-electron chi connectivity index (χ0n) is 18.8. The number of nitrogens with two attached hydrogens (primary N) is 1. The summed E-state index contributed by atoms with van der Waals surface area (Å²) in [4.78, 5) is 13.2. The van der Waals surface area contributed by atoms with Crippen molar-refractivity contribution in [2.24, 2.45) is 5.73 Å². The Labute approximate surface area is 183 Å². The number of benzene rings is 1. The minimum atomic E-state index is -0.228. The van der Waals surface area contributed by atoms with Gasteiger partial charge in [0.1, 0.15) is 0 Å². The van der Waals surface area contributed by atoms with Crippen LogP contribution >= 0.6 is 11.8 Å². The van der Waals surface area contributed by atoms with Crippen molar-refractivity contribution in [3.8, 4) is 28.4 Å². The number of ether oxygens (including phenoxy) is 3. The third-order valence-electron chi connectivity index (χ3n) is 4.85. The summed E-state index contributed by atoms with van der Waals surface area (Å²) in [6.07, 6.45) is 4.64. The molecule has 164 valence electrons. The lowest BCUT2D eigenvalue weighted by molar-refractivity contribution is 0.296. The third kappa shape index (κ3) is 4.93. The van der Waals surface area contributed by atoms with E-state index in [-0.39, 0.29) is 11.5 Å². The topological polar surface area (TPSA) is 70.8 Å². The molecule has 0 fully saturated rings. The van der Waals surface area contributed by atoms with Gasteiger partial charge in [0.05, 0.1) is 25.7 Å².